The lowest BCUT2D eigenvalue weighted by atomic mass is 10.0. The van der Waals surface area contributed by atoms with Gasteiger partial charge in [-0.3, -0.25) is 4.90 Å². The van der Waals surface area contributed by atoms with Crippen molar-refractivity contribution >= 4 is 12.1 Å². The number of hydrogen-bond acceptors (Lipinski definition) is 4. The fourth-order valence-corrected chi connectivity index (χ4v) is 2.74. The minimum atomic E-state index is -0.598. The van der Waals surface area contributed by atoms with E-state index in [2.05, 4.69) is 13.8 Å². The molecular formula is C20H39NO4. The summed E-state index contributed by atoms with van der Waals surface area (Å²) >= 11 is 0. The number of ether oxygens (including phenoxy) is 2. The van der Waals surface area contributed by atoms with E-state index in [4.69, 9.17) is 9.47 Å². The smallest absolute Gasteiger partial charge is 0.410 e. The van der Waals surface area contributed by atoms with Crippen LogP contribution in [-0.2, 0) is 14.3 Å². The third-order valence-electron chi connectivity index (χ3n) is 4.29. The molecule has 0 aromatic rings. The van der Waals surface area contributed by atoms with Crippen molar-refractivity contribution in [1.82, 2.24) is 4.90 Å². The summed E-state index contributed by atoms with van der Waals surface area (Å²) < 4.78 is 10.7. The molecule has 1 atom stereocenters. The van der Waals surface area contributed by atoms with Crippen molar-refractivity contribution in [2.45, 2.75) is 91.5 Å². The number of carbonyl (C=O) groups excluding carboxylic acids is 2. The molecule has 0 spiro atoms. The third-order valence-corrected chi connectivity index (χ3v) is 4.29. The van der Waals surface area contributed by atoms with Crippen molar-refractivity contribution in [1.29, 1.82) is 0 Å². The Morgan fingerprint density at radius 3 is 1.80 bits per heavy atom. The maximum atomic E-state index is 12.4. The molecule has 0 saturated carbocycles. The molecule has 0 aliphatic carbocycles. The largest absolute Gasteiger partial charge is 0.464 e. The molecule has 1 amide bonds. The number of esters is 1. The highest BCUT2D eigenvalue weighted by atomic mass is 16.6. The van der Waals surface area contributed by atoms with Gasteiger partial charge in [-0.2, -0.15) is 0 Å². The number of likely N-dealkylation sites (N-methyl/N-ethyl adjacent to an activating group) is 1. The standard InChI is InChI=1S/C20H39NO4/c1-6-8-10-12-14-15-24-19(22)18(17(3)4)21(5)20(23)25-16-13-11-9-7-2/h17-18H,6-16H2,1-5H3. The van der Waals surface area contributed by atoms with Crippen LogP contribution in [-0.4, -0.2) is 43.3 Å². The van der Waals surface area contributed by atoms with Crippen molar-refractivity contribution in [2.75, 3.05) is 20.3 Å². The molecule has 0 radical (unpaired) electrons. The maximum absolute atomic E-state index is 12.4. The second-order valence-electron chi connectivity index (χ2n) is 7.06. The monoisotopic (exact) mass is 357 g/mol. The van der Waals surface area contributed by atoms with Crippen LogP contribution < -0.4 is 0 Å². The van der Waals surface area contributed by atoms with E-state index in [1.807, 2.05) is 13.8 Å². The fourth-order valence-electron chi connectivity index (χ4n) is 2.74. The highest BCUT2D eigenvalue weighted by molar-refractivity contribution is 5.81. The summed E-state index contributed by atoms with van der Waals surface area (Å²) in [6, 6.07) is -0.598. The molecule has 0 fully saturated rings. The summed E-state index contributed by atoms with van der Waals surface area (Å²) in [5, 5.41) is 0. The number of rotatable bonds is 14. The van der Waals surface area contributed by atoms with E-state index in [0.717, 1.165) is 38.5 Å². The minimum absolute atomic E-state index is 0.0229. The van der Waals surface area contributed by atoms with Gasteiger partial charge >= 0.3 is 12.1 Å². The summed E-state index contributed by atoms with van der Waals surface area (Å²) in [5.74, 6) is -0.360. The van der Waals surface area contributed by atoms with Gasteiger partial charge in [0.05, 0.1) is 13.2 Å². The van der Waals surface area contributed by atoms with Crippen LogP contribution in [0.4, 0.5) is 4.79 Å². The zero-order chi connectivity index (χ0) is 19.1. The van der Waals surface area contributed by atoms with Gasteiger partial charge < -0.3 is 9.47 Å². The van der Waals surface area contributed by atoms with E-state index >= 15 is 0 Å². The Balaban J connectivity index is 4.26. The van der Waals surface area contributed by atoms with E-state index in [1.54, 1.807) is 7.05 Å². The topological polar surface area (TPSA) is 55.8 Å². The summed E-state index contributed by atoms with van der Waals surface area (Å²) in [6.45, 7) is 8.97. The Kier molecular flexibility index (Phi) is 14.3. The van der Waals surface area contributed by atoms with E-state index in [0.29, 0.717) is 13.2 Å². The van der Waals surface area contributed by atoms with Gasteiger partial charge in [0.15, 0.2) is 0 Å². The minimum Gasteiger partial charge on any atom is -0.464 e. The van der Waals surface area contributed by atoms with Gasteiger partial charge in [0, 0.05) is 7.05 Å². The molecule has 0 N–H and O–H groups in total. The molecule has 0 aliphatic rings. The first kappa shape index (κ1) is 23.7. The van der Waals surface area contributed by atoms with Crippen LogP contribution >= 0.6 is 0 Å². The Morgan fingerprint density at radius 1 is 0.800 bits per heavy atom. The first-order chi connectivity index (χ1) is 12.0. The van der Waals surface area contributed by atoms with Gasteiger partial charge in [-0.1, -0.05) is 72.6 Å². The first-order valence-corrected chi connectivity index (χ1v) is 10.0. The zero-order valence-electron chi connectivity index (χ0n) is 17.0. The van der Waals surface area contributed by atoms with Gasteiger partial charge in [-0.05, 0) is 18.8 Å². The molecule has 0 heterocycles. The van der Waals surface area contributed by atoms with Gasteiger partial charge in [0.25, 0.3) is 0 Å². The lowest BCUT2D eigenvalue weighted by molar-refractivity contribution is -0.150. The highest BCUT2D eigenvalue weighted by Crippen LogP contribution is 2.14. The Labute approximate surface area is 154 Å². The summed E-state index contributed by atoms with van der Waals surface area (Å²) in [7, 11) is 1.61. The second-order valence-corrected chi connectivity index (χ2v) is 7.06. The van der Waals surface area contributed by atoms with Gasteiger partial charge in [0.1, 0.15) is 6.04 Å². The predicted octanol–water partition coefficient (Wildman–Crippen LogP) is 5.17. The second kappa shape index (κ2) is 15.0. The Hall–Kier alpha value is -1.26. The lowest BCUT2D eigenvalue weighted by Gasteiger charge is -2.28. The quantitative estimate of drug-likeness (QED) is 0.318. The molecule has 25 heavy (non-hydrogen) atoms. The predicted molar refractivity (Wildman–Crippen MR) is 102 cm³/mol. The van der Waals surface area contributed by atoms with Gasteiger partial charge in [-0.15, -0.1) is 0 Å². The van der Waals surface area contributed by atoms with E-state index in [1.165, 1.54) is 24.2 Å². The number of nitrogens with zero attached hydrogens (tertiary/aromatic N) is 1. The van der Waals surface area contributed by atoms with Crippen molar-refractivity contribution in [2.24, 2.45) is 5.92 Å². The summed E-state index contributed by atoms with van der Waals surface area (Å²) in [4.78, 5) is 25.9. The average molecular weight is 358 g/mol. The highest BCUT2D eigenvalue weighted by Gasteiger charge is 2.32. The van der Waals surface area contributed by atoms with Crippen molar-refractivity contribution < 1.29 is 19.1 Å². The molecule has 148 valence electrons. The molecule has 5 heteroatoms. The number of unbranched alkanes of at least 4 members (excludes halogenated alkanes) is 7. The first-order valence-electron chi connectivity index (χ1n) is 10.0. The van der Waals surface area contributed by atoms with Crippen LogP contribution in [0.1, 0.15) is 85.5 Å². The molecule has 0 bridgehead atoms. The summed E-state index contributed by atoms with van der Waals surface area (Å²) in [5.41, 5.74) is 0. The van der Waals surface area contributed by atoms with E-state index in [-0.39, 0.29) is 11.9 Å². The SMILES string of the molecule is CCCCCCCOC(=O)C(C(C)C)N(C)C(=O)OCCCCCC. The molecule has 0 aliphatic heterocycles. The molecule has 0 rings (SSSR count). The third kappa shape index (κ3) is 11.1. The molecule has 0 aromatic carbocycles. The molecule has 5 nitrogen and oxygen atoms in total. The van der Waals surface area contributed by atoms with Crippen LogP contribution in [0.3, 0.4) is 0 Å². The Morgan fingerprint density at radius 2 is 1.28 bits per heavy atom. The molecule has 0 aromatic heterocycles. The van der Waals surface area contributed by atoms with Crippen LogP contribution in [0.15, 0.2) is 0 Å². The average Bonchev–Trinajstić information content (AvgIpc) is 2.57. The zero-order valence-corrected chi connectivity index (χ0v) is 17.0. The van der Waals surface area contributed by atoms with Crippen LogP contribution in [0.25, 0.3) is 0 Å². The lowest BCUT2D eigenvalue weighted by Crippen LogP contribution is -2.46. The number of hydrogen-bond donors (Lipinski definition) is 0. The number of carbonyl (C=O) groups is 2. The van der Waals surface area contributed by atoms with Crippen molar-refractivity contribution in [3.63, 3.8) is 0 Å². The van der Waals surface area contributed by atoms with Gasteiger partial charge in [0.2, 0.25) is 0 Å². The molecule has 1 unspecified atom stereocenters. The van der Waals surface area contributed by atoms with Crippen molar-refractivity contribution in [3.8, 4) is 0 Å². The maximum Gasteiger partial charge on any atom is 0.410 e. The van der Waals surface area contributed by atoms with Gasteiger partial charge in [-0.25, -0.2) is 9.59 Å². The van der Waals surface area contributed by atoms with Crippen LogP contribution in [0.5, 0.6) is 0 Å². The normalized spacial score (nSPS) is 12.1. The molecular weight excluding hydrogens is 318 g/mol. The van der Waals surface area contributed by atoms with E-state index in [9.17, 15) is 9.59 Å². The van der Waals surface area contributed by atoms with Crippen LogP contribution in [0, 0.1) is 5.92 Å². The van der Waals surface area contributed by atoms with E-state index < -0.39 is 12.1 Å². The van der Waals surface area contributed by atoms with Crippen LogP contribution in [0.2, 0.25) is 0 Å². The Bertz CT molecular complexity index is 358. The van der Waals surface area contributed by atoms with Crippen molar-refractivity contribution in [3.05, 3.63) is 0 Å². The number of amides is 1. The fraction of sp³-hybridized carbons (Fsp3) is 0.900. The summed E-state index contributed by atoms with van der Waals surface area (Å²) in [6.07, 6.45) is 9.30. The molecule has 0 saturated heterocycles.